The molecule has 3 N–H and O–H groups in total. The van der Waals surface area contributed by atoms with Gasteiger partial charge in [0.15, 0.2) is 0 Å². The van der Waals surface area contributed by atoms with E-state index in [2.05, 4.69) is 25.3 Å². The van der Waals surface area contributed by atoms with Gasteiger partial charge in [-0.2, -0.15) is 15.0 Å². The van der Waals surface area contributed by atoms with Crippen LogP contribution in [0.2, 0.25) is 5.28 Å². The number of nitrogen functional groups attached to an aromatic ring is 1. The van der Waals surface area contributed by atoms with Crippen LogP contribution in [0.3, 0.4) is 0 Å². The molecule has 0 aromatic carbocycles. The molecule has 8 heteroatoms. The van der Waals surface area contributed by atoms with Crippen molar-refractivity contribution in [3.05, 3.63) is 23.1 Å². The van der Waals surface area contributed by atoms with E-state index < -0.39 is 0 Å². The van der Waals surface area contributed by atoms with Crippen molar-refractivity contribution in [3.8, 4) is 0 Å². The van der Waals surface area contributed by atoms with Crippen LogP contribution in [0.5, 0.6) is 0 Å². The lowest BCUT2D eigenvalue weighted by Gasteiger charge is -2.02. The normalized spacial score (nSPS) is 10.4. The van der Waals surface area contributed by atoms with Gasteiger partial charge in [0.25, 0.3) is 0 Å². The average molecular weight is 241 g/mol. The molecule has 2 aromatic heterocycles. The van der Waals surface area contributed by atoms with Crippen LogP contribution >= 0.6 is 11.6 Å². The maximum absolute atomic E-state index is 5.61. The van der Waals surface area contributed by atoms with E-state index in [0.29, 0.717) is 12.4 Å². The van der Waals surface area contributed by atoms with Gasteiger partial charge >= 0.3 is 0 Å². The molecule has 0 saturated heterocycles. The Balaban J connectivity index is 2.04. The summed E-state index contributed by atoms with van der Waals surface area (Å²) in [6, 6.07) is 0. The Hall–Kier alpha value is -1.89. The molecule has 16 heavy (non-hydrogen) atoms. The van der Waals surface area contributed by atoms with Crippen molar-refractivity contribution in [2.45, 2.75) is 13.5 Å². The van der Waals surface area contributed by atoms with E-state index in [4.69, 9.17) is 21.8 Å². The Labute approximate surface area is 96.1 Å². The molecule has 0 aliphatic rings. The maximum Gasteiger partial charge on any atom is 0.229 e. The molecule has 0 aliphatic carbocycles. The number of anilines is 2. The van der Waals surface area contributed by atoms with Gasteiger partial charge in [-0.25, -0.2) is 4.98 Å². The van der Waals surface area contributed by atoms with Crippen molar-refractivity contribution >= 4 is 23.5 Å². The lowest BCUT2D eigenvalue weighted by Crippen LogP contribution is -2.07. The van der Waals surface area contributed by atoms with Crippen molar-refractivity contribution in [1.29, 1.82) is 0 Å². The molecule has 0 atom stereocenters. The van der Waals surface area contributed by atoms with E-state index in [1.54, 1.807) is 6.20 Å². The van der Waals surface area contributed by atoms with Crippen LogP contribution in [0, 0.1) is 6.92 Å². The van der Waals surface area contributed by atoms with Gasteiger partial charge in [0.05, 0.1) is 12.7 Å². The fraction of sp³-hybridized carbons (Fsp3) is 0.250. The molecule has 0 spiro atoms. The number of hydrogen-bond acceptors (Lipinski definition) is 7. The fourth-order valence-electron chi connectivity index (χ4n) is 1.08. The van der Waals surface area contributed by atoms with Gasteiger partial charge in [-0.3, -0.25) is 0 Å². The van der Waals surface area contributed by atoms with E-state index in [1.807, 2.05) is 6.92 Å². The van der Waals surface area contributed by atoms with Crippen LogP contribution in [0.25, 0.3) is 0 Å². The Morgan fingerprint density at radius 2 is 2.25 bits per heavy atom. The summed E-state index contributed by atoms with van der Waals surface area (Å²) >= 11 is 5.61. The van der Waals surface area contributed by atoms with Gasteiger partial charge in [0.2, 0.25) is 23.1 Å². The largest absolute Gasteiger partial charge is 0.444 e. The van der Waals surface area contributed by atoms with Gasteiger partial charge in [-0.05, 0) is 18.5 Å². The standard InChI is InChI=1S/C8H9ClN6O/c1-4-2-11-5(16-4)3-12-8-14-6(9)13-7(10)15-8/h2H,3H2,1H3,(H3,10,12,13,14,15). The second-order valence-electron chi connectivity index (χ2n) is 3.00. The van der Waals surface area contributed by atoms with Crippen LogP contribution in [0.1, 0.15) is 11.7 Å². The number of halogens is 1. The summed E-state index contributed by atoms with van der Waals surface area (Å²) in [4.78, 5) is 15.3. The molecule has 2 rings (SSSR count). The molecule has 2 heterocycles. The van der Waals surface area contributed by atoms with E-state index >= 15 is 0 Å². The van der Waals surface area contributed by atoms with Gasteiger partial charge in [-0.15, -0.1) is 0 Å². The fourth-order valence-corrected chi connectivity index (χ4v) is 1.25. The van der Waals surface area contributed by atoms with Crippen LogP contribution in [0.4, 0.5) is 11.9 Å². The quantitative estimate of drug-likeness (QED) is 0.825. The smallest absolute Gasteiger partial charge is 0.229 e. The Bertz CT molecular complexity index is 479. The second kappa shape index (κ2) is 4.31. The first-order valence-electron chi connectivity index (χ1n) is 4.46. The second-order valence-corrected chi connectivity index (χ2v) is 3.34. The van der Waals surface area contributed by atoms with Crippen LogP contribution < -0.4 is 11.1 Å². The van der Waals surface area contributed by atoms with Crippen LogP contribution in [0.15, 0.2) is 10.6 Å². The maximum atomic E-state index is 5.61. The lowest BCUT2D eigenvalue weighted by atomic mass is 10.6. The highest BCUT2D eigenvalue weighted by Crippen LogP contribution is 2.08. The molecule has 0 amide bonds. The topological polar surface area (TPSA) is 103 Å². The highest BCUT2D eigenvalue weighted by Gasteiger charge is 2.04. The number of rotatable bonds is 3. The number of aromatic nitrogens is 4. The lowest BCUT2D eigenvalue weighted by molar-refractivity contribution is 0.478. The molecular weight excluding hydrogens is 232 g/mol. The molecule has 0 fully saturated rings. The summed E-state index contributed by atoms with van der Waals surface area (Å²) in [6.07, 6.45) is 1.63. The molecule has 7 nitrogen and oxygen atoms in total. The minimum Gasteiger partial charge on any atom is -0.444 e. The number of aryl methyl sites for hydroxylation is 1. The minimum absolute atomic E-state index is 0.0404. The Morgan fingerprint density at radius 3 is 2.88 bits per heavy atom. The average Bonchev–Trinajstić information content (AvgIpc) is 2.60. The molecular formula is C8H9ClN6O. The molecule has 0 radical (unpaired) electrons. The molecule has 0 bridgehead atoms. The number of nitrogens with zero attached hydrogens (tertiary/aromatic N) is 4. The third-order valence-electron chi connectivity index (χ3n) is 1.69. The summed E-state index contributed by atoms with van der Waals surface area (Å²) in [5, 5.41) is 2.91. The summed E-state index contributed by atoms with van der Waals surface area (Å²) in [6.45, 7) is 2.17. The minimum atomic E-state index is 0.0404. The van der Waals surface area contributed by atoms with Gasteiger partial charge < -0.3 is 15.5 Å². The predicted octanol–water partition coefficient (Wildman–Crippen LogP) is 1.02. The molecule has 84 valence electrons. The van der Waals surface area contributed by atoms with Gasteiger partial charge in [0.1, 0.15) is 5.76 Å². The third-order valence-corrected chi connectivity index (χ3v) is 1.86. The number of hydrogen-bond donors (Lipinski definition) is 2. The Morgan fingerprint density at radius 1 is 1.44 bits per heavy atom. The molecule has 0 unspecified atom stereocenters. The number of nitrogens with two attached hydrogens (primary N) is 1. The molecule has 0 saturated carbocycles. The number of nitrogens with one attached hydrogen (secondary N) is 1. The Kier molecular flexibility index (Phi) is 2.86. The number of oxazole rings is 1. The summed E-state index contributed by atoms with van der Waals surface area (Å²) < 4.78 is 5.26. The van der Waals surface area contributed by atoms with Crippen molar-refractivity contribution in [2.24, 2.45) is 0 Å². The van der Waals surface area contributed by atoms with E-state index in [1.165, 1.54) is 0 Å². The van der Waals surface area contributed by atoms with Gasteiger partial charge in [-0.1, -0.05) is 0 Å². The van der Waals surface area contributed by atoms with Crippen molar-refractivity contribution < 1.29 is 4.42 Å². The highest BCUT2D eigenvalue weighted by molar-refractivity contribution is 6.28. The highest BCUT2D eigenvalue weighted by atomic mass is 35.5. The van der Waals surface area contributed by atoms with Crippen molar-refractivity contribution in [3.63, 3.8) is 0 Å². The zero-order chi connectivity index (χ0) is 11.5. The zero-order valence-electron chi connectivity index (χ0n) is 8.44. The molecule has 0 aliphatic heterocycles. The van der Waals surface area contributed by atoms with Gasteiger partial charge in [0, 0.05) is 0 Å². The SMILES string of the molecule is Cc1cnc(CNc2nc(N)nc(Cl)n2)o1. The first-order valence-corrected chi connectivity index (χ1v) is 4.83. The van der Waals surface area contributed by atoms with E-state index in [9.17, 15) is 0 Å². The molecule has 2 aromatic rings. The third kappa shape index (κ3) is 2.57. The van der Waals surface area contributed by atoms with Crippen LogP contribution in [-0.2, 0) is 6.54 Å². The van der Waals surface area contributed by atoms with E-state index in [0.717, 1.165) is 5.76 Å². The summed E-state index contributed by atoms with van der Waals surface area (Å²) in [5.41, 5.74) is 5.41. The predicted molar refractivity (Wildman–Crippen MR) is 57.8 cm³/mol. The zero-order valence-corrected chi connectivity index (χ0v) is 9.19. The first-order chi connectivity index (χ1) is 7.63. The summed E-state index contributed by atoms with van der Waals surface area (Å²) in [5.74, 6) is 1.62. The van der Waals surface area contributed by atoms with Crippen molar-refractivity contribution in [1.82, 2.24) is 19.9 Å². The van der Waals surface area contributed by atoms with E-state index in [-0.39, 0.29) is 17.2 Å². The van der Waals surface area contributed by atoms with Crippen molar-refractivity contribution in [2.75, 3.05) is 11.1 Å². The van der Waals surface area contributed by atoms with Crippen LogP contribution in [-0.4, -0.2) is 19.9 Å². The first kappa shape index (κ1) is 10.6. The summed E-state index contributed by atoms with van der Waals surface area (Å²) in [7, 11) is 0. The monoisotopic (exact) mass is 240 g/mol.